The molecule has 0 bridgehead atoms. The highest BCUT2D eigenvalue weighted by atomic mass is 16.2. The summed E-state index contributed by atoms with van der Waals surface area (Å²) in [6.45, 7) is 1.95. The fourth-order valence-electron chi connectivity index (χ4n) is 2.96. The van der Waals surface area contributed by atoms with Gasteiger partial charge in [0.2, 0.25) is 0 Å². The summed E-state index contributed by atoms with van der Waals surface area (Å²) in [6, 6.07) is 7.65. The maximum Gasteiger partial charge on any atom is 0.330 e. The van der Waals surface area contributed by atoms with Gasteiger partial charge in [-0.1, -0.05) is 18.2 Å². The summed E-state index contributed by atoms with van der Waals surface area (Å²) < 4.78 is 2.21. The zero-order valence-corrected chi connectivity index (χ0v) is 12.7. The topological polar surface area (TPSA) is 64.3 Å². The maximum atomic E-state index is 12.9. The third kappa shape index (κ3) is 1.99. The Morgan fingerprint density at radius 3 is 2.59 bits per heavy atom. The highest BCUT2D eigenvalue weighted by molar-refractivity contribution is 6.07. The first-order valence-electron chi connectivity index (χ1n) is 7.10. The van der Waals surface area contributed by atoms with E-state index >= 15 is 0 Å². The fraction of sp³-hybridized carbons (Fsp3) is 0.312. The summed E-state index contributed by atoms with van der Waals surface area (Å²) in [4.78, 5) is 38.5. The van der Waals surface area contributed by atoms with Crippen LogP contribution in [0, 0.1) is 0 Å². The Hall–Kier alpha value is -2.63. The highest BCUT2D eigenvalue weighted by Gasteiger charge is 2.32. The molecule has 0 N–H and O–H groups in total. The lowest BCUT2D eigenvalue weighted by atomic mass is 10.1. The normalized spacial score (nSPS) is 16.7. The second-order valence-corrected chi connectivity index (χ2v) is 5.66. The Labute approximate surface area is 127 Å². The van der Waals surface area contributed by atoms with Gasteiger partial charge in [0.25, 0.3) is 11.5 Å². The molecule has 1 aromatic heterocycles. The van der Waals surface area contributed by atoms with Crippen molar-refractivity contribution in [1.82, 2.24) is 9.13 Å². The number of fused-ring (bicyclic) bond motifs is 1. The molecule has 0 saturated carbocycles. The number of hydrogen-bond donors (Lipinski definition) is 0. The van der Waals surface area contributed by atoms with Gasteiger partial charge in [0.15, 0.2) is 0 Å². The second-order valence-electron chi connectivity index (χ2n) is 5.66. The lowest BCUT2D eigenvalue weighted by Gasteiger charge is -2.22. The lowest BCUT2D eigenvalue weighted by molar-refractivity contribution is 0.0978. The molecule has 22 heavy (non-hydrogen) atoms. The first-order valence-corrected chi connectivity index (χ1v) is 7.10. The van der Waals surface area contributed by atoms with E-state index in [0.29, 0.717) is 0 Å². The van der Waals surface area contributed by atoms with Crippen molar-refractivity contribution in [3.63, 3.8) is 0 Å². The number of nitrogens with zero attached hydrogens (tertiary/aromatic N) is 3. The smallest absolute Gasteiger partial charge is 0.305 e. The number of benzene rings is 1. The van der Waals surface area contributed by atoms with E-state index in [0.717, 1.165) is 22.2 Å². The van der Waals surface area contributed by atoms with E-state index in [9.17, 15) is 14.4 Å². The molecule has 6 heteroatoms. The van der Waals surface area contributed by atoms with Gasteiger partial charge in [-0.25, -0.2) is 4.79 Å². The van der Waals surface area contributed by atoms with E-state index in [1.807, 2.05) is 31.2 Å². The molecule has 0 spiro atoms. The molecule has 1 aliphatic heterocycles. The molecule has 0 saturated heterocycles. The Morgan fingerprint density at radius 1 is 1.18 bits per heavy atom. The first-order chi connectivity index (χ1) is 10.4. The van der Waals surface area contributed by atoms with Crippen molar-refractivity contribution in [2.75, 3.05) is 4.90 Å². The molecule has 1 aliphatic rings. The number of aromatic nitrogens is 2. The molecule has 1 atom stereocenters. The van der Waals surface area contributed by atoms with E-state index < -0.39 is 11.2 Å². The Morgan fingerprint density at radius 2 is 1.86 bits per heavy atom. The van der Waals surface area contributed by atoms with Gasteiger partial charge in [-0.3, -0.25) is 14.2 Å². The zero-order chi connectivity index (χ0) is 16.0. The number of aryl methyl sites for hydroxylation is 1. The van der Waals surface area contributed by atoms with Crippen LogP contribution in [0.15, 0.2) is 40.1 Å². The van der Waals surface area contributed by atoms with Gasteiger partial charge in [0.1, 0.15) is 5.56 Å². The summed E-state index contributed by atoms with van der Waals surface area (Å²) >= 11 is 0. The van der Waals surface area contributed by atoms with Crippen LogP contribution in [0.25, 0.3) is 0 Å². The van der Waals surface area contributed by atoms with Crippen LogP contribution >= 0.6 is 0 Å². The first kappa shape index (κ1) is 14.3. The minimum absolute atomic E-state index is 0.00755. The van der Waals surface area contributed by atoms with Crippen molar-refractivity contribution in [2.45, 2.75) is 19.4 Å². The molecule has 6 nitrogen and oxygen atoms in total. The number of rotatable bonds is 1. The minimum Gasteiger partial charge on any atom is -0.305 e. The van der Waals surface area contributed by atoms with Crippen LogP contribution in [0.4, 0.5) is 5.69 Å². The van der Waals surface area contributed by atoms with Crippen LogP contribution in [0.5, 0.6) is 0 Å². The van der Waals surface area contributed by atoms with Gasteiger partial charge in [0.05, 0.1) is 0 Å². The average molecular weight is 299 g/mol. The molecular weight excluding hydrogens is 282 g/mol. The molecule has 3 rings (SSSR count). The van der Waals surface area contributed by atoms with Crippen LogP contribution in [-0.2, 0) is 20.5 Å². The Bertz CT molecular complexity index is 879. The van der Waals surface area contributed by atoms with E-state index in [2.05, 4.69) is 0 Å². The number of amides is 1. The molecule has 0 aliphatic carbocycles. The number of para-hydroxylation sites is 1. The molecule has 0 fully saturated rings. The monoisotopic (exact) mass is 299 g/mol. The minimum atomic E-state index is -0.565. The van der Waals surface area contributed by atoms with Gasteiger partial charge < -0.3 is 9.47 Å². The zero-order valence-electron chi connectivity index (χ0n) is 12.7. The predicted molar refractivity (Wildman–Crippen MR) is 83.3 cm³/mol. The van der Waals surface area contributed by atoms with Gasteiger partial charge in [-0.15, -0.1) is 0 Å². The van der Waals surface area contributed by atoms with Crippen molar-refractivity contribution in [2.24, 2.45) is 14.1 Å². The molecule has 0 radical (unpaired) electrons. The van der Waals surface area contributed by atoms with Gasteiger partial charge in [0, 0.05) is 32.0 Å². The number of carbonyl (C=O) groups is 1. The molecule has 1 amide bonds. The van der Waals surface area contributed by atoms with E-state index in [-0.39, 0.29) is 17.5 Å². The Balaban J connectivity index is 2.14. The summed E-state index contributed by atoms with van der Waals surface area (Å²) in [5, 5.41) is 0. The highest BCUT2D eigenvalue weighted by Crippen LogP contribution is 2.32. The molecule has 1 aromatic carbocycles. The fourth-order valence-corrected chi connectivity index (χ4v) is 2.96. The predicted octanol–water partition coefficient (Wildman–Crippen LogP) is 0.675. The average Bonchev–Trinajstić information content (AvgIpc) is 2.84. The summed E-state index contributed by atoms with van der Waals surface area (Å²) in [6.07, 6.45) is 2.08. The largest absolute Gasteiger partial charge is 0.330 e. The van der Waals surface area contributed by atoms with E-state index in [1.54, 1.807) is 4.90 Å². The lowest BCUT2D eigenvalue weighted by Crippen LogP contribution is -2.44. The van der Waals surface area contributed by atoms with E-state index in [1.165, 1.54) is 24.9 Å². The van der Waals surface area contributed by atoms with Crippen molar-refractivity contribution in [3.05, 3.63) is 62.4 Å². The summed E-state index contributed by atoms with van der Waals surface area (Å²) in [5.41, 5.74) is 0.912. The molecule has 114 valence electrons. The van der Waals surface area contributed by atoms with Crippen molar-refractivity contribution >= 4 is 11.6 Å². The molecule has 1 unspecified atom stereocenters. The van der Waals surface area contributed by atoms with Crippen LogP contribution in [-0.4, -0.2) is 21.1 Å². The number of anilines is 1. The summed E-state index contributed by atoms with van der Waals surface area (Å²) in [5.74, 6) is -0.367. The quantitative estimate of drug-likeness (QED) is 0.777. The van der Waals surface area contributed by atoms with Crippen molar-refractivity contribution in [3.8, 4) is 0 Å². The van der Waals surface area contributed by atoms with Crippen LogP contribution in [0.2, 0.25) is 0 Å². The molecule has 2 heterocycles. The van der Waals surface area contributed by atoms with Crippen molar-refractivity contribution in [1.29, 1.82) is 0 Å². The third-order valence-electron chi connectivity index (χ3n) is 4.10. The van der Waals surface area contributed by atoms with E-state index in [4.69, 9.17) is 0 Å². The van der Waals surface area contributed by atoms with Crippen LogP contribution in [0.1, 0.15) is 22.8 Å². The standard InChI is InChI=1S/C16H17N3O3/c1-10-8-11-6-4-5-7-13(11)19(10)15(21)12-9-17(2)16(22)18(3)14(12)20/h4-7,9-10H,8H2,1-3H3. The van der Waals surface area contributed by atoms with Crippen molar-refractivity contribution < 1.29 is 4.79 Å². The second kappa shape index (κ2) is 4.98. The molecule has 2 aromatic rings. The maximum absolute atomic E-state index is 12.9. The summed E-state index contributed by atoms with van der Waals surface area (Å²) in [7, 11) is 2.91. The molecular formula is C16H17N3O3. The van der Waals surface area contributed by atoms with Gasteiger partial charge >= 0.3 is 5.69 Å². The van der Waals surface area contributed by atoms with Crippen LogP contribution < -0.4 is 16.1 Å². The van der Waals surface area contributed by atoms with Gasteiger partial charge in [-0.05, 0) is 25.0 Å². The SMILES string of the molecule is CC1Cc2ccccc2N1C(=O)c1cn(C)c(=O)n(C)c1=O. The number of hydrogen-bond acceptors (Lipinski definition) is 3. The van der Waals surface area contributed by atoms with Gasteiger partial charge in [-0.2, -0.15) is 0 Å². The van der Waals surface area contributed by atoms with Crippen LogP contribution in [0.3, 0.4) is 0 Å². The Kier molecular flexibility index (Phi) is 3.24. The third-order valence-corrected chi connectivity index (χ3v) is 4.10. The number of carbonyl (C=O) groups excluding carboxylic acids is 1.